The van der Waals surface area contributed by atoms with Crippen LogP contribution in [0.25, 0.3) is 0 Å². The van der Waals surface area contributed by atoms with Gasteiger partial charge in [-0.2, -0.15) is 8.78 Å². The monoisotopic (exact) mass is 176 g/mol. The van der Waals surface area contributed by atoms with Crippen molar-refractivity contribution in [1.82, 2.24) is 0 Å². The quantitative estimate of drug-likeness (QED) is 0.473. The van der Waals surface area contributed by atoms with Gasteiger partial charge in [-0.05, 0) is 0 Å². The molecule has 0 aromatic rings. The van der Waals surface area contributed by atoms with Gasteiger partial charge in [0.15, 0.2) is 5.57 Å². The Labute approximate surface area is 57.1 Å². The number of halogens is 5. The minimum absolute atomic E-state index is 2.18. The van der Waals surface area contributed by atoms with Crippen LogP contribution in [0.3, 0.4) is 0 Å². The third kappa shape index (κ3) is 2.52. The highest BCUT2D eigenvalue weighted by atomic mass is 19.3. The number of alkyl halides is 2. The van der Waals surface area contributed by atoms with Crippen LogP contribution in [0.5, 0.6) is 0 Å². The maximum Gasteiger partial charge on any atom is 0.386 e. The van der Waals surface area contributed by atoms with E-state index in [-0.39, 0.29) is 0 Å². The molecule has 0 atom stereocenters. The molecule has 7 heteroatoms. The third-order valence-electron chi connectivity index (χ3n) is 0.712. The summed E-state index contributed by atoms with van der Waals surface area (Å²) in [6.45, 7) is 0. The van der Waals surface area contributed by atoms with Crippen molar-refractivity contribution in [2.45, 2.75) is 6.43 Å². The Morgan fingerprint density at radius 1 is 1.27 bits per heavy atom. The molecule has 0 unspecified atom stereocenters. The first-order chi connectivity index (χ1) is 5.00. The van der Waals surface area contributed by atoms with Crippen LogP contribution >= 0.6 is 0 Å². The van der Waals surface area contributed by atoms with Crippen molar-refractivity contribution in [2.75, 3.05) is 0 Å². The van der Waals surface area contributed by atoms with Crippen molar-refractivity contribution in [2.24, 2.45) is 0 Å². The summed E-state index contributed by atoms with van der Waals surface area (Å²) in [5, 5.41) is 0. The number of carbonyl (C=O) groups is 1. The first-order valence-electron chi connectivity index (χ1n) is 2.17. The van der Waals surface area contributed by atoms with Gasteiger partial charge in [-0.25, -0.2) is 18.5 Å². The lowest BCUT2D eigenvalue weighted by Gasteiger charge is -1.97. The molecule has 0 rings (SSSR count). The van der Waals surface area contributed by atoms with Gasteiger partial charge in [0.25, 0.3) is 12.5 Å². The zero-order valence-electron chi connectivity index (χ0n) is 4.78. The topological polar surface area (TPSA) is 26.3 Å². The molecule has 0 aromatic carbocycles. The summed E-state index contributed by atoms with van der Waals surface area (Å²) >= 11 is 0. The number of carbonyl (C=O) groups excluding carboxylic acids is 1. The van der Waals surface area contributed by atoms with Crippen LogP contribution in [0.2, 0.25) is 0 Å². The van der Waals surface area contributed by atoms with Crippen LogP contribution in [-0.4, -0.2) is 12.4 Å². The van der Waals surface area contributed by atoms with Crippen LogP contribution in [0.1, 0.15) is 0 Å². The second-order valence-electron chi connectivity index (χ2n) is 1.34. The molecule has 0 saturated heterocycles. The van der Waals surface area contributed by atoms with E-state index in [2.05, 4.69) is 4.94 Å². The summed E-state index contributed by atoms with van der Waals surface area (Å²) in [4.78, 5) is 12.0. The molecule has 2 nitrogen and oxygen atoms in total. The average molecular weight is 176 g/mol. The van der Waals surface area contributed by atoms with E-state index in [4.69, 9.17) is 0 Å². The van der Waals surface area contributed by atoms with E-state index in [0.29, 0.717) is 0 Å². The summed E-state index contributed by atoms with van der Waals surface area (Å²) in [5.41, 5.74) is -2.26. The number of hydrogen-bond donors (Lipinski definition) is 0. The largest absolute Gasteiger partial charge is 0.386 e. The summed E-state index contributed by atoms with van der Waals surface area (Å²) in [5.74, 6) is -2.38. The number of rotatable bonds is 2. The molecule has 0 spiro atoms. The first kappa shape index (κ1) is 9.86. The van der Waals surface area contributed by atoms with Gasteiger partial charge in [-0.1, -0.05) is 0 Å². The first-order valence-corrected chi connectivity index (χ1v) is 2.17. The van der Waals surface area contributed by atoms with E-state index in [1.54, 1.807) is 0 Å². The third-order valence-corrected chi connectivity index (χ3v) is 0.712. The Morgan fingerprint density at radius 3 is 1.82 bits per heavy atom. The van der Waals surface area contributed by atoms with E-state index in [1.807, 2.05) is 0 Å². The van der Waals surface area contributed by atoms with Crippen molar-refractivity contribution < 1.29 is 31.8 Å². The molecule has 0 fully saturated rings. The lowest BCUT2D eigenvalue weighted by atomic mass is 10.3. The molecular formula is C4HF5O2. The van der Waals surface area contributed by atoms with Crippen molar-refractivity contribution in [3.63, 3.8) is 0 Å². The lowest BCUT2D eigenvalue weighted by Crippen LogP contribution is -2.11. The van der Waals surface area contributed by atoms with Crippen LogP contribution in [-0.2, 0) is 9.74 Å². The van der Waals surface area contributed by atoms with Crippen molar-refractivity contribution >= 4 is 5.97 Å². The average Bonchev–Trinajstić information content (AvgIpc) is 1.85. The van der Waals surface area contributed by atoms with Crippen LogP contribution in [0.15, 0.2) is 11.7 Å². The molecule has 0 bridgehead atoms. The normalized spacial score (nSPS) is 9.64. The smallest absolute Gasteiger partial charge is 0.249 e. The van der Waals surface area contributed by atoms with Gasteiger partial charge in [0.1, 0.15) is 0 Å². The Kier molecular flexibility index (Phi) is 3.49. The Morgan fingerprint density at radius 2 is 1.73 bits per heavy atom. The van der Waals surface area contributed by atoms with Crippen molar-refractivity contribution in [3.05, 3.63) is 11.7 Å². The fraction of sp³-hybridized carbons (Fsp3) is 0.250. The van der Waals surface area contributed by atoms with E-state index in [0.717, 1.165) is 0 Å². The van der Waals surface area contributed by atoms with Gasteiger partial charge in [0.05, 0.1) is 0 Å². The summed E-state index contributed by atoms with van der Waals surface area (Å²) < 4.78 is 56.2. The van der Waals surface area contributed by atoms with Gasteiger partial charge in [-0.3, -0.25) is 0 Å². The minimum atomic E-state index is -3.75. The molecule has 0 radical (unpaired) electrons. The molecule has 11 heavy (non-hydrogen) atoms. The molecule has 0 aliphatic rings. The van der Waals surface area contributed by atoms with Gasteiger partial charge in [0, 0.05) is 4.53 Å². The molecule has 64 valence electrons. The highest BCUT2D eigenvalue weighted by Crippen LogP contribution is 2.17. The predicted molar refractivity (Wildman–Crippen MR) is 22.4 cm³/mol. The highest BCUT2D eigenvalue weighted by Gasteiger charge is 2.28. The summed E-state index contributed by atoms with van der Waals surface area (Å²) in [6.07, 6.45) is -6.70. The Bertz CT molecular complexity index is 183. The fourth-order valence-electron chi connectivity index (χ4n) is 0.290. The van der Waals surface area contributed by atoms with Crippen molar-refractivity contribution in [3.8, 4) is 0 Å². The van der Waals surface area contributed by atoms with E-state index >= 15 is 0 Å². The van der Waals surface area contributed by atoms with Crippen LogP contribution < -0.4 is 0 Å². The molecular weight excluding hydrogens is 175 g/mol. The van der Waals surface area contributed by atoms with Gasteiger partial charge < -0.3 is 0 Å². The number of hydrogen-bond acceptors (Lipinski definition) is 2. The van der Waals surface area contributed by atoms with E-state index in [9.17, 15) is 26.9 Å². The predicted octanol–water partition coefficient (Wildman–Crippen LogP) is 1.83. The maximum atomic E-state index is 11.4. The molecule has 0 aliphatic carbocycles. The van der Waals surface area contributed by atoms with E-state index in [1.165, 1.54) is 0 Å². The zero-order valence-corrected chi connectivity index (χ0v) is 4.78. The SMILES string of the molecule is O=C(OF)C(=C(F)F)C(F)F. The summed E-state index contributed by atoms with van der Waals surface area (Å²) in [6, 6.07) is 0. The van der Waals surface area contributed by atoms with Crippen LogP contribution in [0, 0.1) is 0 Å². The lowest BCUT2D eigenvalue weighted by molar-refractivity contribution is -0.180. The van der Waals surface area contributed by atoms with Gasteiger partial charge in [-0.15, -0.1) is 0 Å². The standard InChI is InChI=1S/C4HF5O2/c5-2(6)1(3(7)8)4(10)11-9/h2H. The fourth-order valence-corrected chi connectivity index (χ4v) is 0.290. The maximum absolute atomic E-state index is 11.4. The Hall–Kier alpha value is -1.14. The Balaban J connectivity index is 4.64. The second kappa shape index (κ2) is 3.89. The summed E-state index contributed by atoms with van der Waals surface area (Å²) in [7, 11) is 0. The second-order valence-corrected chi connectivity index (χ2v) is 1.34. The van der Waals surface area contributed by atoms with Gasteiger partial charge in [0.2, 0.25) is 0 Å². The highest BCUT2D eigenvalue weighted by molar-refractivity contribution is 5.88. The molecule has 0 aliphatic heterocycles. The molecule has 0 amide bonds. The molecule has 0 N–H and O–H groups in total. The van der Waals surface area contributed by atoms with E-state index < -0.39 is 24.0 Å². The molecule has 0 saturated carbocycles. The zero-order chi connectivity index (χ0) is 9.02. The van der Waals surface area contributed by atoms with Crippen molar-refractivity contribution in [1.29, 1.82) is 0 Å². The molecule has 0 aromatic heterocycles. The van der Waals surface area contributed by atoms with Crippen LogP contribution in [0.4, 0.5) is 22.1 Å². The van der Waals surface area contributed by atoms with Gasteiger partial charge >= 0.3 is 5.97 Å². The molecule has 0 heterocycles. The minimum Gasteiger partial charge on any atom is -0.249 e.